The van der Waals surface area contributed by atoms with Crippen LogP contribution in [0.2, 0.25) is 0 Å². The van der Waals surface area contributed by atoms with Crippen LogP contribution in [0.5, 0.6) is 0 Å². The molecule has 0 aliphatic rings. The van der Waals surface area contributed by atoms with Crippen molar-refractivity contribution < 1.29 is 4.79 Å². The average Bonchev–Trinajstić information content (AvgIpc) is 2.37. The standard InChI is InChI=1S/C14H15N3O/c1-10(16-17-14(15)18)9-12-7-4-6-11-5-2-3-8-13(11)12/h2-8H,9H2,1H3,(H3,15,17,18)/b16-10+. The Kier molecular flexibility index (Phi) is 3.57. The minimum absolute atomic E-state index is 0.646. The predicted molar refractivity (Wildman–Crippen MR) is 73.5 cm³/mol. The largest absolute Gasteiger partial charge is 0.350 e. The molecule has 0 aromatic heterocycles. The molecule has 0 heterocycles. The smallest absolute Gasteiger partial charge is 0.332 e. The number of hydrogen-bond donors (Lipinski definition) is 2. The fourth-order valence-corrected chi connectivity index (χ4v) is 1.91. The Morgan fingerprint density at radius 3 is 2.72 bits per heavy atom. The van der Waals surface area contributed by atoms with Gasteiger partial charge in [-0.15, -0.1) is 0 Å². The lowest BCUT2D eigenvalue weighted by Crippen LogP contribution is -2.25. The van der Waals surface area contributed by atoms with Crippen LogP contribution in [0.15, 0.2) is 47.6 Å². The van der Waals surface area contributed by atoms with E-state index in [0.29, 0.717) is 6.42 Å². The quantitative estimate of drug-likeness (QED) is 0.629. The van der Waals surface area contributed by atoms with E-state index in [2.05, 4.69) is 34.8 Å². The Morgan fingerprint density at radius 1 is 1.22 bits per heavy atom. The number of fused-ring (bicyclic) bond motifs is 1. The molecule has 0 aliphatic heterocycles. The first kappa shape index (κ1) is 12.1. The fraction of sp³-hybridized carbons (Fsp3) is 0.143. The molecule has 0 aliphatic carbocycles. The highest BCUT2D eigenvalue weighted by molar-refractivity contribution is 5.92. The van der Waals surface area contributed by atoms with Gasteiger partial charge in [0, 0.05) is 12.1 Å². The lowest BCUT2D eigenvalue weighted by molar-refractivity contribution is 0.249. The van der Waals surface area contributed by atoms with Gasteiger partial charge in [-0.1, -0.05) is 42.5 Å². The predicted octanol–water partition coefficient (Wildman–Crippen LogP) is 2.43. The zero-order valence-corrected chi connectivity index (χ0v) is 10.2. The van der Waals surface area contributed by atoms with Gasteiger partial charge in [0.15, 0.2) is 0 Å². The average molecular weight is 241 g/mol. The maximum absolute atomic E-state index is 10.6. The van der Waals surface area contributed by atoms with Crippen molar-refractivity contribution in [2.45, 2.75) is 13.3 Å². The Bertz CT molecular complexity index is 600. The second kappa shape index (κ2) is 5.31. The third-order valence-electron chi connectivity index (χ3n) is 2.68. The van der Waals surface area contributed by atoms with Crippen molar-refractivity contribution in [3.63, 3.8) is 0 Å². The number of rotatable bonds is 3. The number of nitrogens with two attached hydrogens (primary N) is 1. The van der Waals surface area contributed by atoms with E-state index < -0.39 is 6.03 Å². The number of hydrogen-bond acceptors (Lipinski definition) is 2. The maximum Gasteiger partial charge on any atom is 0.332 e. The van der Waals surface area contributed by atoms with E-state index in [0.717, 1.165) is 5.71 Å². The van der Waals surface area contributed by atoms with Crippen molar-refractivity contribution in [1.82, 2.24) is 5.43 Å². The summed E-state index contributed by atoms with van der Waals surface area (Å²) in [6, 6.07) is 13.7. The second-order valence-corrected chi connectivity index (χ2v) is 4.14. The molecule has 0 spiro atoms. The van der Waals surface area contributed by atoms with Gasteiger partial charge in [-0.3, -0.25) is 0 Å². The van der Waals surface area contributed by atoms with Crippen LogP contribution < -0.4 is 11.2 Å². The fourth-order valence-electron chi connectivity index (χ4n) is 1.91. The van der Waals surface area contributed by atoms with Gasteiger partial charge in [0.2, 0.25) is 0 Å². The Hall–Kier alpha value is -2.36. The number of primary amides is 1. The number of carbonyl (C=O) groups excluding carboxylic acids is 1. The maximum atomic E-state index is 10.6. The third kappa shape index (κ3) is 2.85. The Morgan fingerprint density at radius 2 is 1.94 bits per heavy atom. The van der Waals surface area contributed by atoms with Crippen molar-refractivity contribution in [2.24, 2.45) is 10.8 Å². The van der Waals surface area contributed by atoms with E-state index in [9.17, 15) is 4.79 Å². The van der Waals surface area contributed by atoms with Crippen LogP contribution in [0.25, 0.3) is 10.8 Å². The highest BCUT2D eigenvalue weighted by Gasteiger charge is 2.02. The minimum Gasteiger partial charge on any atom is -0.350 e. The van der Waals surface area contributed by atoms with Gasteiger partial charge in [-0.2, -0.15) is 5.10 Å². The number of hydrazone groups is 1. The van der Waals surface area contributed by atoms with E-state index in [1.807, 2.05) is 25.1 Å². The molecule has 2 rings (SSSR count). The lowest BCUT2D eigenvalue weighted by atomic mass is 10.0. The Labute approximate surface area is 105 Å². The summed E-state index contributed by atoms with van der Waals surface area (Å²) in [6.45, 7) is 1.86. The van der Waals surface area contributed by atoms with E-state index in [4.69, 9.17) is 5.73 Å². The number of amides is 2. The molecule has 4 heteroatoms. The first-order valence-electron chi connectivity index (χ1n) is 5.72. The van der Waals surface area contributed by atoms with Crippen molar-refractivity contribution >= 4 is 22.5 Å². The molecule has 0 fully saturated rings. The van der Waals surface area contributed by atoms with Crippen molar-refractivity contribution in [3.05, 3.63) is 48.0 Å². The van der Waals surface area contributed by atoms with Gasteiger partial charge < -0.3 is 5.73 Å². The van der Waals surface area contributed by atoms with Crippen LogP contribution in [0.1, 0.15) is 12.5 Å². The molecule has 0 atom stereocenters. The van der Waals surface area contributed by atoms with Crippen molar-refractivity contribution in [1.29, 1.82) is 0 Å². The van der Waals surface area contributed by atoms with Crippen LogP contribution in [-0.4, -0.2) is 11.7 Å². The molecule has 4 nitrogen and oxygen atoms in total. The SMILES string of the molecule is C/C(Cc1cccc2ccccc12)=N\NC(N)=O. The van der Waals surface area contributed by atoms with Gasteiger partial charge in [-0.25, -0.2) is 10.2 Å². The topological polar surface area (TPSA) is 67.5 Å². The highest BCUT2D eigenvalue weighted by Crippen LogP contribution is 2.19. The van der Waals surface area contributed by atoms with Gasteiger partial charge in [0.05, 0.1) is 0 Å². The summed E-state index contributed by atoms with van der Waals surface area (Å²) >= 11 is 0. The van der Waals surface area contributed by atoms with Crippen LogP contribution >= 0.6 is 0 Å². The summed E-state index contributed by atoms with van der Waals surface area (Å²) < 4.78 is 0. The van der Waals surface area contributed by atoms with Gasteiger partial charge in [-0.05, 0) is 23.3 Å². The number of benzene rings is 2. The molecule has 92 valence electrons. The lowest BCUT2D eigenvalue weighted by Gasteiger charge is -2.06. The van der Waals surface area contributed by atoms with E-state index >= 15 is 0 Å². The zero-order valence-electron chi connectivity index (χ0n) is 10.2. The summed E-state index contributed by atoms with van der Waals surface area (Å²) in [4.78, 5) is 10.6. The van der Waals surface area contributed by atoms with E-state index in [1.165, 1.54) is 16.3 Å². The van der Waals surface area contributed by atoms with Gasteiger partial charge >= 0.3 is 6.03 Å². The number of urea groups is 1. The molecule has 2 amide bonds. The number of carbonyl (C=O) groups is 1. The van der Waals surface area contributed by atoms with Crippen LogP contribution in [0.3, 0.4) is 0 Å². The van der Waals surface area contributed by atoms with Crippen molar-refractivity contribution in [2.75, 3.05) is 0 Å². The molecule has 0 unspecified atom stereocenters. The van der Waals surface area contributed by atoms with Crippen LogP contribution in [0.4, 0.5) is 4.79 Å². The minimum atomic E-state index is -0.646. The van der Waals surface area contributed by atoms with Gasteiger partial charge in [0.1, 0.15) is 0 Å². The molecule has 3 N–H and O–H groups in total. The number of nitrogens with one attached hydrogen (secondary N) is 1. The molecule has 2 aromatic rings. The third-order valence-corrected chi connectivity index (χ3v) is 2.68. The first-order valence-corrected chi connectivity index (χ1v) is 5.72. The second-order valence-electron chi connectivity index (χ2n) is 4.14. The van der Waals surface area contributed by atoms with E-state index in [1.54, 1.807) is 0 Å². The van der Waals surface area contributed by atoms with Crippen LogP contribution in [-0.2, 0) is 6.42 Å². The summed E-state index contributed by atoms with van der Waals surface area (Å²) in [7, 11) is 0. The molecular formula is C14H15N3O. The Balaban J connectivity index is 2.26. The van der Waals surface area contributed by atoms with Crippen molar-refractivity contribution in [3.8, 4) is 0 Å². The molecule has 2 aromatic carbocycles. The monoisotopic (exact) mass is 241 g/mol. The molecular weight excluding hydrogens is 226 g/mol. The van der Waals surface area contributed by atoms with E-state index in [-0.39, 0.29) is 0 Å². The zero-order chi connectivity index (χ0) is 13.0. The number of nitrogens with zero attached hydrogens (tertiary/aromatic N) is 1. The van der Waals surface area contributed by atoms with Crippen LogP contribution in [0, 0.1) is 0 Å². The summed E-state index contributed by atoms with van der Waals surface area (Å²) in [5.74, 6) is 0. The summed E-state index contributed by atoms with van der Waals surface area (Å²) in [6.07, 6.45) is 0.682. The normalized spacial score (nSPS) is 11.5. The molecule has 18 heavy (non-hydrogen) atoms. The summed E-state index contributed by atoms with van der Waals surface area (Å²) in [5, 5.41) is 6.32. The molecule has 0 saturated heterocycles. The molecule has 0 bridgehead atoms. The molecule has 0 saturated carbocycles. The first-order chi connectivity index (χ1) is 8.66. The highest BCUT2D eigenvalue weighted by atomic mass is 16.2. The summed E-state index contributed by atoms with van der Waals surface area (Å²) in [5.41, 5.74) is 9.20. The molecule has 0 radical (unpaired) electrons. The van der Waals surface area contributed by atoms with Gasteiger partial charge in [0.25, 0.3) is 0 Å².